The Labute approximate surface area is 169 Å². The molecule has 0 unspecified atom stereocenters. The maximum atomic E-state index is 12.5. The van der Waals surface area contributed by atoms with E-state index in [-0.39, 0.29) is 5.91 Å². The number of hydrogen-bond donors (Lipinski definition) is 1. The molecule has 0 aliphatic carbocycles. The molecule has 2 aromatic carbocycles. The fraction of sp³-hybridized carbons (Fsp3) is 0.238. The third-order valence-electron chi connectivity index (χ3n) is 4.24. The average Bonchev–Trinajstić information content (AvgIpc) is 3.13. The van der Waals surface area contributed by atoms with Crippen LogP contribution < -0.4 is 14.8 Å². The fourth-order valence-electron chi connectivity index (χ4n) is 2.84. The van der Waals surface area contributed by atoms with Gasteiger partial charge in [0.15, 0.2) is 11.5 Å². The first-order valence-corrected chi connectivity index (χ1v) is 9.29. The van der Waals surface area contributed by atoms with Gasteiger partial charge in [0.05, 0.1) is 24.4 Å². The number of carbonyl (C=O) groups is 1. The van der Waals surface area contributed by atoms with Crippen molar-refractivity contribution in [2.45, 2.75) is 20.4 Å². The predicted molar refractivity (Wildman–Crippen MR) is 109 cm³/mol. The summed E-state index contributed by atoms with van der Waals surface area (Å²) in [6.07, 6.45) is 1.74. The summed E-state index contributed by atoms with van der Waals surface area (Å²) in [5.41, 5.74) is 3.32. The van der Waals surface area contributed by atoms with E-state index in [0.29, 0.717) is 35.2 Å². The van der Waals surface area contributed by atoms with E-state index < -0.39 is 0 Å². The van der Waals surface area contributed by atoms with Gasteiger partial charge in [0.2, 0.25) is 0 Å². The number of nitrogens with one attached hydrogen (secondary N) is 1. The first kappa shape index (κ1) is 19.8. The second-order valence-corrected chi connectivity index (χ2v) is 6.56. The van der Waals surface area contributed by atoms with Crippen LogP contribution in [-0.4, -0.2) is 29.4 Å². The molecule has 0 aliphatic rings. The Balaban J connectivity index is 1.69. The van der Waals surface area contributed by atoms with Crippen molar-refractivity contribution in [3.8, 4) is 17.2 Å². The Morgan fingerprint density at radius 2 is 1.96 bits per heavy atom. The van der Waals surface area contributed by atoms with Crippen molar-refractivity contribution in [1.29, 1.82) is 0 Å². The molecule has 6 nitrogen and oxygen atoms in total. The molecule has 0 aliphatic heterocycles. The van der Waals surface area contributed by atoms with Gasteiger partial charge in [-0.15, -0.1) is 0 Å². The smallest absolute Gasteiger partial charge is 0.251 e. The second-order valence-electron chi connectivity index (χ2n) is 6.16. The van der Waals surface area contributed by atoms with Crippen LogP contribution in [-0.2, 0) is 6.54 Å². The van der Waals surface area contributed by atoms with Gasteiger partial charge >= 0.3 is 0 Å². The van der Waals surface area contributed by atoms with Gasteiger partial charge in [-0.3, -0.25) is 4.79 Å². The van der Waals surface area contributed by atoms with Crippen LogP contribution in [0.3, 0.4) is 0 Å². The van der Waals surface area contributed by atoms with E-state index in [0.717, 1.165) is 16.9 Å². The van der Waals surface area contributed by atoms with E-state index in [4.69, 9.17) is 21.1 Å². The third-order valence-corrected chi connectivity index (χ3v) is 4.52. The standard InChI is InChI=1S/C21H22ClN3O3/c1-4-28-20-18(22)11-15(12-19(20)27-3)13-23-21(26)16-5-7-17(8-6-16)25-14(2)9-10-24-25/h5-12H,4,13H2,1-3H3,(H,23,26). The molecule has 1 heterocycles. The van der Waals surface area contributed by atoms with Crippen molar-refractivity contribution in [1.82, 2.24) is 15.1 Å². The molecule has 1 N–H and O–H groups in total. The highest BCUT2D eigenvalue weighted by atomic mass is 35.5. The van der Waals surface area contributed by atoms with E-state index in [1.54, 1.807) is 37.6 Å². The van der Waals surface area contributed by atoms with Crippen LogP contribution >= 0.6 is 11.6 Å². The molecular weight excluding hydrogens is 378 g/mol. The molecule has 3 aromatic rings. The Morgan fingerprint density at radius 3 is 2.57 bits per heavy atom. The number of aromatic nitrogens is 2. The van der Waals surface area contributed by atoms with Crippen LogP contribution in [0.4, 0.5) is 0 Å². The largest absolute Gasteiger partial charge is 0.493 e. The highest BCUT2D eigenvalue weighted by Gasteiger charge is 2.13. The summed E-state index contributed by atoms with van der Waals surface area (Å²) in [4.78, 5) is 12.5. The van der Waals surface area contributed by atoms with Crippen molar-refractivity contribution in [2.24, 2.45) is 0 Å². The minimum atomic E-state index is -0.173. The Bertz CT molecular complexity index is 968. The zero-order valence-corrected chi connectivity index (χ0v) is 16.8. The summed E-state index contributed by atoms with van der Waals surface area (Å²) in [5.74, 6) is 0.872. The third kappa shape index (κ3) is 4.28. The van der Waals surface area contributed by atoms with Gasteiger partial charge in [-0.2, -0.15) is 5.10 Å². The number of benzene rings is 2. The van der Waals surface area contributed by atoms with Gasteiger partial charge < -0.3 is 14.8 Å². The summed E-state index contributed by atoms with van der Waals surface area (Å²) in [6, 6.07) is 12.8. The minimum absolute atomic E-state index is 0.173. The minimum Gasteiger partial charge on any atom is -0.493 e. The number of amides is 1. The number of ether oxygens (including phenoxy) is 2. The molecule has 0 bridgehead atoms. The average molecular weight is 400 g/mol. The van der Waals surface area contributed by atoms with E-state index in [1.165, 1.54) is 0 Å². The van der Waals surface area contributed by atoms with Gasteiger partial charge in [0.25, 0.3) is 5.91 Å². The summed E-state index contributed by atoms with van der Waals surface area (Å²) < 4.78 is 12.7. The van der Waals surface area contributed by atoms with Crippen molar-refractivity contribution in [3.63, 3.8) is 0 Å². The van der Waals surface area contributed by atoms with Gasteiger partial charge in [-0.25, -0.2) is 4.68 Å². The number of rotatable bonds is 7. The molecule has 0 radical (unpaired) electrons. The van der Waals surface area contributed by atoms with Gasteiger partial charge in [0.1, 0.15) is 0 Å². The molecule has 0 spiro atoms. The number of nitrogens with zero attached hydrogens (tertiary/aromatic N) is 2. The number of aryl methyl sites for hydroxylation is 1. The number of hydrogen-bond acceptors (Lipinski definition) is 4. The molecule has 146 valence electrons. The van der Waals surface area contributed by atoms with Crippen molar-refractivity contribution < 1.29 is 14.3 Å². The lowest BCUT2D eigenvalue weighted by Crippen LogP contribution is -2.22. The first-order valence-electron chi connectivity index (χ1n) is 8.92. The van der Waals surface area contributed by atoms with E-state index in [2.05, 4.69) is 10.4 Å². The molecule has 7 heteroatoms. The van der Waals surface area contributed by atoms with E-state index in [9.17, 15) is 4.79 Å². The quantitative estimate of drug-likeness (QED) is 0.647. The molecule has 0 atom stereocenters. The zero-order chi connectivity index (χ0) is 20.1. The van der Waals surface area contributed by atoms with Crippen molar-refractivity contribution in [3.05, 3.63) is 70.5 Å². The molecule has 28 heavy (non-hydrogen) atoms. The molecule has 1 amide bonds. The Morgan fingerprint density at radius 1 is 1.21 bits per heavy atom. The summed E-state index contributed by atoms with van der Waals surface area (Å²) in [5, 5.41) is 7.61. The molecule has 1 aromatic heterocycles. The second kappa shape index (κ2) is 8.80. The Hall–Kier alpha value is -2.99. The number of carbonyl (C=O) groups excluding carboxylic acids is 1. The molecule has 3 rings (SSSR count). The highest BCUT2D eigenvalue weighted by molar-refractivity contribution is 6.32. The fourth-order valence-corrected chi connectivity index (χ4v) is 3.13. The topological polar surface area (TPSA) is 65.4 Å². The summed E-state index contributed by atoms with van der Waals surface area (Å²) in [6.45, 7) is 4.66. The lowest BCUT2D eigenvalue weighted by atomic mass is 10.1. The highest BCUT2D eigenvalue weighted by Crippen LogP contribution is 2.36. The Kier molecular flexibility index (Phi) is 6.21. The molecule has 0 fully saturated rings. The van der Waals surface area contributed by atoms with Gasteiger partial charge in [-0.1, -0.05) is 11.6 Å². The van der Waals surface area contributed by atoms with Crippen LogP contribution in [0.2, 0.25) is 5.02 Å². The van der Waals surface area contributed by atoms with Crippen molar-refractivity contribution >= 4 is 17.5 Å². The predicted octanol–water partition coefficient (Wildman–Crippen LogP) is 4.17. The summed E-state index contributed by atoms with van der Waals surface area (Å²) in [7, 11) is 1.55. The van der Waals surface area contributed by atoms with E-state index in [1.807, 2.05) is 36.7 Å². The zero-order valence-electron chi connectivity index (χ0n) is 16.0. The molecule has 0 saturated carbocycles. The van der Waals surface area contributed by atoms with Crippen LogP contribution in [0.15, 0.2) is 48.7 Å². The maximum absolute atomic E-state index is 12.5. The van der Waals surface area contributed by atoms with Crippen LogP contribution in [0.25, 0.3) is 5.69 Å². The molecule has 0 saturated heterocycles. The van der Waals surface area contributed by atoms with E-state index >= 15 is 0 Å². The van der Waals surface area contributed by atoms with Crippen LogP contribution in [0.1, 0.15) is 28.5 Å². The number of methoxy groups -OCH3 is 1. The monoisotopic (exact) mass is 399 g/mol. The maximum Gasteiger partial charge on any atom is 0.251 e. The van der Waals surface area contributed by atoms with Crippen LogP contribution in [0.5, 0.6) is 11.5 Å². The number of halogens is 1. The summed E-state index contributed by atoms with van der Waals surface area (Å²) >= 11 is 6.28. The van der Waals surface area contributed by atoms with Gasteiger partial charge in [0, 0.05) is 24.0 Å². The first-order chi connectivity index (χ1) is 13.5. The van der Waals surface area contributed by atoms with Crippen molar-refractivity contribution in [2.75, 3.05) is 13.7 Å². The normalized spacial score (nSPS) is 10.6. The lowest BCUT2D eigenvalue weighted by Gasteiger charge is -2.13. The molecular formula is C21H22ClN3O3. The van der Waals surface area contributed by atoms with Gasteiger partial charge in [-0.05, 0) is 61.9 Å². The van der Waals surface area contributed by atoms with Crippen LogP contribution in [0, 0.1) is 6.92 Å². The lowest BCUT2D eigenvalue weighted by molar-refractivity contribution is 0.0951. The SMILES string of the molecule is CCOc1c(Cl)cc(CNC(=O)c2ccc(-n3nccc3C)cc2)cc1OC.